The van der Waals surface area contributed by atoms with E-state index in [1.54, 1.807) is 12.1 Å². The van der Waals surface area contributed by atoms with Crippen LogP contribution in [0.5, 0.6) is 0 Å². The molecule has 1 fully saturated rings. The Balaban J connectivity index is 2.18. The molecule has 2 N–H and O–H groups in total. The van der Waals surface area contributed by atoms with E-state index < -0.39 is 0 Å². The Kier molecular flexibility index (Phi) is 5.34. The highest BCUT2D eigenvalue weighted by molar-refractivity contribution is 5.21. The minimum Gasteiger partial charge on any atom is -0.326 e. The van der Waals surface area contributed by atoms with Crippen LogP contribution in [0.2, 0.25) is 0 Å². The fraction of sp³-hybridized carbons (Fsp3) is 0.625. The van der Waals surface area contributed by atoms with Gasteiger partial charge in [0.05, 0.1) is 0 Å². The van der Waals surface area contributed by atoms with Gasteiger partial charge in [0, 0.05) is 12.1 Å². The maximum absolute atomic E-state index is 13.4. The minimum atomic E-state index is -0.171. The summed E-state index contributed by atoms with van der Waals surface area (Å²) in [5.74, 6) is -0.171. The first-order chi connectivity index (χ1) is 9.18. The standard InChI is InChI=1S/C16H25FN2/c1-13(18)16(14-8-7-9-15(17)12-14)19-10-5-3-2-4-6-11-19/h7-9,12-13,16H,2-6,10-11,18H2,1H3. The predicted octanol–water partition coefficient (Wildman–Crippen LogP) is 3.48. The van der Waals surface area contributed by atoms with E-state index >= 15 is 0 Å². The fourth-order valence-electron chi connectivity index (χ4n) is 3.09. The molecule has 0 aliphatic carbocycles. The van der Waals surface area contributed by atoms with Gasteiger partial charge in [0.1, 0.15) is 5.82 Å². The number of hydrogen-bond donors (Lipinski definition) is 1. The third-order valence-electron chi connectivity index (χ3n) is 3.97. The molecule has 0 amide bonds. The zero-order valence-electron chi connectivity index (χ0n) is 11.8. The number of nitrogens with zero attached hydrogens (tertiary/aromatic N) is 1. The summed E-state index contributed by atoms with van der Waals surface area (Å²) in [5, 5.41) is 0. The van der Waals surface area contributed by atoms with Crippen LogP contribution in [0.1, 0.15) is 50.6 Å². The fourth-order valence-corrected chi connectivity index (χ4v) is 3.09. The molecule has 2 unspecified atom stereocenters. The first-order valence-electron chi connectivity index (χ1n) is 7.43. The van der Waals surface area contributed by atoms with Gasteiger partial charge in [0.15, 0.2) is 0 Å². The minimum absolute atomic E-state index is 0.0150. The highest BCUT2D eigenvalue weighted by Crippen LogP contribution is 2.26. The van der Waals surface area contributed by atoms with E-state index in [0.717, 1.165) is 18.7 Å². The van der Waals surface area contributed by atoms with Crippen LogP contribution >= 0.6 is 0 Å². The van der Waals surface area contributed by atoms with Crippen molar-refractivity contribution in [2.24, 2.45) is 5.73 Å². The quantitative estimate of drug-likeness (QED) is 0.905. The van der Waals surface area contributed by atoms with Crippen LogP contribution in [0.15, 0.2) is 24.3 Å². The molecule has 1 aliphatic rings. The molecule has 1 heterocycles. The number of hydrogen-bond acceptors (Lipinski definition) is 2. The summed E-state index contributed by atoms with van der Waals surface area (Å²) in [6.45, 7) is 4.17. The van der Waals surface area contributed by atoms with Crippen LogP contribution in [0, 0.1) is 5.82 Å². The molecule has 1 aliphatic heterocycles. The molecule has 0 bridgehead atoms. The van der Waals surface area contributed by atoms with Gasteiger partial charge in [-0.15, -0.1) is 0 Å². The molecule has 1 saturated heterocycles. The van der Waals surface area contributed by atoms with E-state index in [1.807, 2.05) is 13.0 Å². The van der Waals surface area contributed by atoms with E-state index in [9.17, 15) is 4.39 Å². The van der Waals surface area contributed by atoms with Crippen molar-refractivity contribution in [3.8, 4) is 0 Å². The number of rotatable bonds is 3. The summed E-state index contributed by atoms with van der Waals surface area (Å²) in [6.07, 6.45) is 6.38. The summed E-state index contributed by atoms with van der Waals surface area (Å²) in [4.78, 5) is 2.44. The molecule has 0 saturated carbocycles. The highest BCUT2D eigenvalue weighted by atomic mass is 19.1. The molecule has 2 nitrogen and oxygen atoms in total. The van der Waals surface area contributed by atoms with Gasteiger partial charge in [0.2, 0.25) is 0 Å². The summed E-state index contributed by atoms with van der Waals surface area (Å²) in [7, 11) is 0. The molecule has 0 radical (unpaired) electrons. The smallest absolute Gasteiger partial charge is 0.123 e. The molecular formula is C16H25FN2. The molecule has 0 aromatic heterocycles. The van der Waals surface area contributed by atoms with Crippen molar-refractivity contribution in [2.75, 3.05) is 13.1 Å². The van der Waals surface area contributed by atoms with Gasteiger partial charge in [-0.1, -0.05) is 31.4 Å². The normalized spacial score (nSPS) is 21.4. The van der Waals surface area contributed by atoms with Crippen molar-refractivity contribution in [3.63, 3.8) is 0 Å². The maximum Gasteiger partial charge on any atom is 0.123 e. The van der Waals surface area contributed by atoms with Crippen molar-refractivity contribution < 1.29 is 4.39 Å². The lowest BCUT2D eigenvalue weighted by atomic mass is 9.97. The van der Waals surface area contributed by atoms with E-state index in [4.69, 9.17) is 5.73 Å². The van der Waals surface area contributed by atoms with Crippen LogP contribution in [0.25, 0.3) is 0 Å². The lowest BCUT2D eigenvalue weighted by molar-refractivity contribution is 0.161. The Hall–Kier alpha value is -0.930. The van der Waals surface area contributed by atoms with E-state index in [-0.39, 0.29) is 17.9 Å². The highest BCUT2D eigenvalue weighted by Gasteiger charge is 2.24. The monoisotopic (exact) mass is 264 g/mol. The first kappa shape index (κ1) is 14.5. The third-order valence-corrected chi connectivity index (χ3v) is 3.97. The molecule has 19 heavy (non-hydrogen) atoms. The SMILES string of the molecule is CC(N)C(c1cccc(F)c1)N1CCCCCCC1. The zero-order chi connectivity index (χ0) is 13.7. The van der Waals surface area contributed by atoms with Gasteiger partial charge < -0.3 is 5.73 Å². The summed E-state index contributed by atoms with van der Waals surface area (Å²) >= 11 is 0. The average molecular weight is 264 g/mol. The topological polar surface area (TPSA) is 29.3 Å². The predicted molar refractivity (Wildman–Crippen MR) is 77.4 cm³/mol. The van der Waals surface area contributed by atoms with Crippen LogP contribution < -0.4 is 5.73 Å². The van der Waals surface area contributed by atoms with Crippen LogP contribution in [-0.2, 0) is 0 Å². The van der Waals surface area contributed by atoms with Crippen molar-refractivity contribution in [1.29, 1.82) is 0 Å². The number of benzene rings is 1. The van der Waals surface area contributed by atoms with E-state index in [0.29, 0.717) is 0 Å². The van der Waals surface area contributed by atoms with Gasteiger partial charge in [-0.2, -0.15) is 0 Å². The zero-order valence-corrected chi connectivity index (χ0v) is 11.8. The second kappa shape index (κ2) is 7.01. The van der Waals surface area contributed by atoms with Gasteiger partial charge in [-0.25, -0.2) is 4.39 Å². The Morgan fingerprint density at radius 2 is 1.74 bits per heavy atom. The van der Waals surface area contributed by atoms with E-state index in [1.165, 1.54) is 38.2 Å². The van der Waals surface area contributed by atoms with Crippen LogP contribution in [-0.4, -0.2) is 24.0 Å². The molecule has 1 aromatic carbocycles. The first-order valence-corrected chi connectivity index (χ1v) is 7.43. The number of likely N-dealkylation sites (tertiary alicyclic amines) is 1. The van der Waals surface area contributed by atoms with E-state index in [2.05, 4.69) is 4.90 Å². The summed E-state index contributed by atoms with van der Waals surface area (Å²) < 4.78 is 13.4. The molecule has 3 heteroatoms. The van der Waals surface area contributed by atoms with Crippen LogP contribution in [0.4, 0.5) is 4.39 Å². The lowest BCUT2D eigenvalue weighted by Crippen LogP contribution is -2.41. The molecule has 2 atom stereocenters. The van der Waals surface area contributed by atoms with Crippen molar-refractivity contribution in [1.82, 2.24) is 4.90 Å². The Labute approximate surface area is 115 Å². The van der Waals surface area contributed by atoms with Crippen molar-refractivity contribution >= 4 is 0 Å². The van der Waals surface area contributed by atoms with Gasteiger partial charge >= 0.3 is 0 Å². The van der Waals surface area contributed by atoms with Crippen molar-refractivity contribution in [3.05, 3.63) is 35.6 Å². The molecule has 2 rings (SSSR count). The molecule has 1 aromatic rings. The Morgan fingerprint density at radius 3 is 2.32 bits per heavy atom. The Morgan fingerprint density at radius 1 is 1.11 bits per heavy atom. The number of halogens is 1. The second-order valence-corrected chi connectivity index (χ2v) is 5.66. The average Bonchev–Trinajstić information content (AvgIpc) is 2.31. The van der Waals surface area contributed by atoms with Gasteiger partial charge in [-0.3, -0.25) is 4.90 Å². The number of nitrogens with two attached hydrogens (primary N) is 1. The summed E-state index contributed by atoms with van der Waals surface area (Å²) in [5.41, 5.74) is 7.19. The largest absolute Gasteiger partial charge is 0.326 e. The molecular weight excluding hydrogens is 239 g/mol. The molecule has 106 valence electrons. The molecule has 0 spiro atoms. The Bertz CT molecular complexity index is 384. The van der Waals surface area contributed by atoms with Gasteiger partial charge in [-0.05, 0) is 50.6 Å². The summed E-state index contributed by atoms with van der Waals surface area (Å²) in [6, 6.07) is 7.05. The van der Waals surface area contributed by atoms with Crippen molar-refractivity contribution in [2.45, 2.75) is 51.1 Å². The lowest BCUT2D eigenvalue weighted by Gasteiger charge is -2.35. The van der Waals surface area contributed by atoms with Gasteiger partial charge in [0.25, 0.3) is 0 Å². The second-order valence-electron chi connectivity index (χ2n) is 5.66. The third kappa shape index (κ3) is 4.02. The van der Waals surface area contributed by atoms with Crippen LogP contribution in [0.3, 0.4) is 0 Å². The maximum atomic E-state index is 13.4.